The van der Waals surface area contributed by atoms with E-state index in [1.165, 1.54) is 116 Å². The van der Waals surface area contributed by atoms with Crippen LogP contribution in [0.15, 0.2) is 0 Å². The van der Waals surface area contributed by atoms with Crippen LogP contribution in [0.3, 0.4) is 0 Å². The molecular weight excluding hydrogens is 1130 g/mol. The van der Waals surface area contributed by atoms with Crippen LogP contribution in [0, 0.1) is 23.7 Å². The van der Waals surface area contributed by atoms with Crippen molar-refractivity contribution in [3.63, 3.8) is 0 Å². The second kappa shape index (κ2) is 56.1. The average molecular weight is 1260 g/mol. The molecule has 5 atom stereocenters. The Hall–Kier alpha value is -1.94. The molecule has 0 aliphatic carbocycles. The van der Waals surface area contributed by atoms with Crippen molar-refractivity contribution in [2.24, 2.45) is 23.7 Å². The fourth-order valence-electron chi connectivity index (χ4n) is 9.78. The van der Waals surface area contributed by atoms with Crippen LogP contribution >= 0.6 is 15.6 Å². The quantitative estimate of drug-likeness (QED) is 0.0222. The van der Waals surface area contributed by atoms with Gasteiger partial charge in [-0.15, -0.1) is 0 Å². The van der Waals surface area contributed by atoms with Crippen LogP contribution in [-0.2, 0) is 65.4 Å². The van der Waals surface area contributed by atoms with E-state index in [1.54, 1.807) is 0 Å². The number of hydrogen-bond acceptors (Lipinski definition) is 15. The standard InChI is InChI=1S/C66H128O17P2/c1-56(2)42-34-26-18-12-9-15-21-30-38-46-63(68)76-52-61(82-65(70)48-40-32-22-16-10-13-19-27-35-43-57(3)4)54-80-84(72,73)78-50-60(67)51-79-85(74,75)81-55-62(53-77-64(69)47-39-31-25-24-29-37-45-59(7)8)83-66(71)49-41-33-23-17-11-14-20-28-36-44-58(5)6/h56-62,67H,9-55H2,1-8H3,(H,72,73)(H,74,75)/t60-,61-,62-/m1/s1. The van der Waals surface area contributed by atoms with Gasteiger partial charge in [-0.05, 0) is 49.4 Å². The van der Waals surface area contributed by atoms with Crippen LogP contribution in [0.25, 0.3) is 0 Å². The van der Waals surface area contributed by atoms with E-state index in [2.05, 4.69) is 55.4 Å². The van der Waals surface area contributed by atoms with Gasteiger partial charge in [-0.1, -0.05) is 267 Å². The van der Waals surface area contributed by atoms with Crippen LogP contribution in [0.1, 0.15) is 319 Å². The lowest BCUT2D eigenvalue weighted by Gasteiger charge is -2.21. The molecule has 0 aromatic heterocycles. The van der Waals surface area contributed by atoms with Crippen molar-refractivity contribution in [3.8, 4) is 0 Å². The van der Waals surface area contributed by atoms with E-state index in [0.29, 0.717) is 31.6 Å². The van der Waals surface area contributed by atoms with Crippen molar-refractivity contribution in [1.29, 1.82) is 0 Å². The fraction of sp³-hybridized carbons (Fsp3) is 0.939. The van der Waals surface area contributed by atoms with Gasteiger partial charge in [0.2, 0.25) is 0 Å². The van der Waals surface area contributed by atoms with Gasteiger partial charge in [-0.3, -0.25) is 37.3 Å². The molecule has 19 heteroatoms. The summed E-state index contributed by atoms with van der Waals surface area (Å²) in [5.41, 5.74) is 0. The Morgan fingerprint density at radius 1 is 0.294 bits per heavy atom. The minimum atomic E-state index is -4.95. The molecule has 2 unspecified atom stereocenters. The third-order valence-corrected chi connectivity index (χ3v) is 17.0. The van der Waals surface area contributed by atoms with E-state index in [9.17, 15) is 43.2 Å². The zero-order chi connectivity index (χ0) is 63.2. The van der Waals surface area contributed by atoms with E-state index in [4.69, 9.17) is 37.0 Å². The molecule has 0 saturated carbocycles. The maximum Gasteiger partial charge on any atom is 0.472 e. The molecule has 85 heavy (non-hydrogen) atoms. The monoisotopic (exact) mass is 1250 g/mol. The SMILES string of the molecule is CC(C)CCCCCCCCCCCC(=O)OC[C@H](COP(=O)(O)OC[C@@H](O)COP(=O)(O)OC[C@@H](COC(=O)CCCCCCCCC(C)C)OC(=O)CCCCCCCCCCCC(C)C)OC(=O)CCCCCCCCCCCC(C)C. The topological polar surface area (TPSA) is 237 Å². The van der Waals surface area contributed by atoms with E-state index in [1.807, 2.05) is 0 Å². The number of carbonyl (C=O) groups excluding carboxylic acids is 4. The first-order valence-electron chi connectivity index (χ1n) is 34.2. The lowest BCUT2D eigenvalue weighted by molar-refractivity contribution is -0.161. The summed E-state index contributed by atoms with van der Waals surface area (Å²) >= 11 is 0. The molecule has 0 heterocycles. The molecule has 0 radical (unpaired) electrons. The van der Waals surface area contributed by atoms with Crippen LogP contribution in [0.4, 0.5) is 0 Å². The fourth-order valence-corrected chi connectivity index (χ4v) is 11.4. The largest absolute Gasteiger partial charge is 0.472 e. The highest BCUT2D eigenvalue weighted by molar-refractivity contribution is 7.47. The molecule has 0 amide bonds. The molecule has 0 saturated heterocycles. The van der Waals surface area contributed by atoms with E-state index < -0.39 is 97.5 Å². The molecule has 0 aromatic rings. The zero-order valence-corrected chi connectivity index (χ0v) is 57.0. The Morgan fingerprint density at radius 3 is 0.729 bits per heavy atom. The summed E-state index contributed by atoms with van der Waals surface area (Å²) in [6.07, 6.45) is 36.4. The third-order valence-electron chi connectivity index (χ3n) is 15.1. The van der Waals surface area contributed by atoms with E-state index in [0.717, 1.165) is 114 Å². The Bertz CT molecular complexity index is 1700. The van der Waals surface area contributed by atoms with Gasteiger partial charge >= 0.3 is 39.5 Å². The number of phosphoric ester groups is 2. The molecule has 3 N–H and O–H groups in total. The normalized spacial score (nSPS) is 14.4. The second-order valence-corrected chi connectivity index (χ2v) is 28.7. The van der Waals surface area contributed by atoms with Crippen molar-refractivity contribution in [2.75, 3.05) is 39.6 Å². The predicted molar refractivity (Wildman–Crippen MR) is 340 cm³/mol. The first-order chi connectivity index (χ1) is 40.6. The van der Waals surface area contributed by atoms with Gasteiger partial charge in [-0.2, -0.15) is 0 Å². The van der Waals surface area contributed by atoms with Crippen molar-refractivity contribution in [1.82, 2.24) is 0 Å². The highest BCUT2D eigenvalue weighted by Crippen LogP contribution is 2.45. The molecule has 0 aliphatic heterocycles. The third kappa shape index (κ3) is 60.7. The highest BCUT2D eigenvalue weighted by Gasteiger charge is 2.30. The summed E-state index contributed by atoms with van der Waals surface area (Å²) in [6, 6.07) is 0. The lowest BCUT2D eigenvalue weighted by Crippen LogP contribution is -2.30. The molecule has 17 nitrogen and oxygen atoms in total. The Kier molecular flexibility index (Phi) is 54.8. The van der Waals surface area contributed by atoms with Crippen LogP contribution in [0.2, 0.25) is 0 Å². The van der Waals surface area contributed by atoms with E-state index in [-0.39, 0.29) is 25.7 Å². The number of ether oxygens (including phenoxy) is 4. The van der Waals surface area contributed by atoms with Crippen molar-refractivity contribution in [3.05, 3.63) is 0 Å². The summed E-state index contributed by atoms with van der Waals surface area (Å²) in [4.78, 5) is 72.3. The molecular formula is C66H128O17P2. The van der Waals surface area contributed by atoms with Gasteiger partial charge in [0.1, 0.15) is 19.3 Å². The molecule has 0 rings (SSSR count). The number of aliphatic hydroxyl groups excluding tert-OH is 1. The minimum absolute atomic E-state index is 0.103. The first kappa shape index (κ1) is 83.1. The molecule has 0 bridgehead atoms. The summed E-state index contributed by atoms with van der Waals surface area (Å²) in [7, 11) is -9.89. The zero-order valence-electron chi connectivity index (χ0n) is 55.2. The highest BCUT2D eigenvalue weighted by atomic mass is 31.2. The smallest absolute Gasteiger partial charge is 0.462 e. The summed E-state index contributed by atoms with van der Waals surface area (Å²) in [6.45, 7) is 14.0. The van der Waals surface area contributed by atoms with E-state index >= 15 is 0 Å². The maximum absolute atomic E-state index is 13.0. The van der Waals surface area contributed by atoms with Crippen LogP contribution in [0.5, 0.6) is 0 Å². The molecule has 0 aromatic carbocycles. The summed E-state index contributed by atoms with van der Waals surface area (Å²) in [5, 5.41) is 10.5. The van der Waals surface area contributed by atoms with Gasteiger partial charge in [0.05, 0.1) is 26.4 Å². The van der Waals surface area contributed by atoms with Crippen LogP contribution in [-0.4, -0.2) is 96.7 Å². The first-order valence-corrected chi connectivity index (χ1v) is 37.2. The summed E-state index contributed by atoms with van der Waals surface area (Å²) < 4.78 is 68.1. The second-order valence-electron chi connectivity index (χ2n) is 25.8. The van der Waals surface area contributed by atoms with Crippen molar-refractivity contribution >= 4 is 39.5 Å². The number of phosphoric acid groups is 2. The predicted octanol–water partition coefficient (Wildman–Crippen LogP) is 18.1. The van der Waals surface area contributed by atoms with Gasteiger partial charge in [-0.25, -0.2) is 9.13 Å². The summed E-state index contributed by atoms with van der Waals surface area (Å²) in [5.74, 6) is 0.758. The van der Waals surface area contributed by atoms with Gasteiger partial charge in [0, 0.05) is 25.7 Å². The number of carbonyl (C=O) groups is 4. The lowest BCUT2D eigenvalue weighted by atomic mass is 10.0. The Morgan fingerprint density at radius 2 is 0.494 bits per heavy atom. The number of unbranched alkanes of at least 4 members (excludes halogenated alkanes) is 29. The van der Waals surface area contributed by atoms with Crippen molar-refractivity contribution in [2.45, 2.75) is 337 Å². The number of rotatable bonds is 63. The maximum atomic E-state index is 13.0. The van der Waals surface area contributed by atoms with Gasteiger partial charge < -0.3 is 33.8 Å². The molecule has 0 aliphatic rings. The molecule has 0 spiro atoms. The van der Waals surface area contributed by atoms with Crippen molar-refractivity contribution < 1.29 is 80.2 Å². The number of aliphatic hydroxyl groups is 1. The number of esters is 4. The number of hydrogen-bond donors (Lipinski definition) is 3. The minimum Gasteiger partial charge on any atom is -0.462 e. The molecule has 0 fully saturated rings. The molecule has 504 valence electrons. The van der Waals surface area contributed by atoms with Gasteiger partial charge in [0.15, 0.2) is 12.2 Å². The Balaban J connectivity index is 5.26. The Labute approximate surface area is 517 Å². The van der Waals surface area contributed by atoms with Gasteiger partial charge in [0.25, 0.3) is 0 Å². The average Bonchev–Trinajstić information content (AvgIpc) is 3.53. The van der Waals surface area contributed by atoms with Crippen LogP contribution < -0.4 is 0 Å².